The highest BCUT2D eigenvalue weighted by molar-refractivity contribution is 6.30. The molecule has 2 saturated heterocycles. The Bertz CT molecular complexity index is 454. The third-order valence-corrected chi connectivity index (χ3v) is 4.52. The van der Waals surface area contributed by atoms with Gasteiger partial charge < -0.3 is 9.71 Å². The van der Waals surface area contributed by atoms with Gasteiger partial charge in [0, 0.05) is 43.4 Å². The Kier molecular flexibility index (Phi) is 4.54. The number of nitrogens with zero attached hydrogens (tertiary/aromatic N) is 3. The Morgan fingerprint density at radius 1 is 1.00 bits per heavy atom. The second-order valence-corrected chi connectivity index (χ2v) is 6.22. The van der Waals surface area contributed by atoms with Crippen molar-refractivity contribution in [3.63, 3.8) is 0 Å². The second-order valence-electron chi connectivity index (χ2n) is 5.78. The number of halogens is 1. The maximum absolute atomic E-state index is 6.20. The normalized spacial score (nSPS) is 21.6. The molecule has 2 aliphatic heterocycles. The van der Waals surface area contributed by atoms with Gasteiger partial charge in [0.2, 0.25) is 0 Å². The fourth-order valence-corrected chi connectivity index (χ4v) is 3.30. The van der Waals surface area contributed by atoms with Gasteiger partial charge >= 0.3 is 0 Å². The van der Waals surface area contributed by atoms with Crippen LogP contribution in [0.2, 0.25) is 5.02 Å². The first kappa shape index (κ1) is 14.2. The molecular weight excluding hydrogens is 268 g/mol. The molecule has 0 bridgehead atoms. The lowest BCUT2D eigenvalue weighted by Gasteiger charge is -2.34. The van der Waals surface area contributed by atoms with Crippen LogP contribution in [-0.4, -0.2) is 57.0 Å². The van der Waals surface area contributed by atoms with Gasteiger partial charge in [-0.25, -0.2) is 0 Å². The highest BCUT2D eigenvalue weighted by Crippen LogP contribution is 2.28. The molecule has 0 aromatic heterocycles. The van der Waals surface area contributed by atoms with Crippen molar-refractivity contribution in [2.75, 3.05) is 44.2 Å². The first-order valence-corrected chi connectivity index (χ1v) is 7.85. The van der Waals surface area contributed by atoms with Crippen LogP contribution in [0.25, 0.3) is 0 Å². The molecule has 106 valence electrons. The molecule has 3 rings (SSSR count). The monoisotopic (exact) mass is 289 g/mol. The van der Waals surface area contributed by atoms with Gasteiger partial charge in [-0.15, -0.1) is 0 Å². The third kappa shape index (κ3) is 3.30. The molecule has 1 aromatic rings. The zero-order chi connectivity index (χ0) is 13.9. The molecule has 0 N–H and O–H groups in total. The molecule has 2 fully saturated rings. The first-order chi connectivity index (χ1) is 9.72. The summed E-state index contributed by atoms with van der Waals surface area (Å²) in [5.74, 6) is 0. The van der Waals surface area contributed by atoms with E-state index in [1.807, 2.05) is 10.9 Å². The van der Waals surface area contributed by atoms with E-state index < -0.39 is 0 Å². The van der Waals surface area contributed by atoms with E-state index in [2.05, 4.69) is 21.9 Å². The molecular formula is C15H21BClN3. The van der Waals surface area contributed by atoms with E-state index in [4.69, 9.17) is 19.6 Å². The fraction of sp³-hybridized carbons (Fsp3) is 0.600. The molecule has 0 saturated carbocycles. The average Bonchev–Trinajstić information content (AvgIpc) is 2.95. The van der Waals surface area contributed by atoms with Gasteiger partial charge in [0.25, 0.3) is 0 Å². The number of piperazine rings is 1. The van der Waals surface area contributed by atoms with Crippen LogP contribution >= 0.6 is 11.6 Å². The Morgan fingerprint density at radius 3 is 2.40 bits per heavy atom. The predicted octanol–water partition coefficient (Wildman–Crippen LogP) is 2.14. The van der Waals surface area contributed by atoms with Crippen molar-refractivity contribution in [2.45, 2.75) is 19.4 Å². The number of hydrogen-bond donors (Lipinski definition) is 0. The lowest BCUT2D eigenvalue weighted by Crippen LogP contribution is -2.44. The van der Waals surface area contributed by atoms with Crippen molar-refractivity contribution < 1.29 is 0 Å². The summed E-state index contributed by atoms with van der Waals surface area (Å²) in [4.78, 5) is 6.86. The summed E-state index contributed by atoms with van der Waals surface area (Å²) in [5.41, 5.74) is 2.71. The van der Waals surface area contributed by atoms with E-state index in [9.17, 15) is 0 Å². The van der Waals surface area contributed by atoms with Crippen molar-refractivity contribution in [2.24, 2.45) is 0 Å². The van der Waals surface area contributed by atoms with E-state index >= 15 is 0 Å². The summed E-state index contributed by atoms with van der Waals surface area (Å²) >= 11 is 6.20. The average molecular weight is 290 g/mol. The summed E-state index contributed by atoms with van der Waals surface area (Å²) in [6.45, 7) is 7.26. The summed E-state index contributed by atoms with van der Waals surface area (Å²) in [7, 11) is 5.82. The molecule has 0 spiro atoms. The Hall–Kier alpha value is -0.705. The topological polar surface area (TPSA) is 9.72 Å². The van der Waals surface area contributed by atoms with Gasteiger partial charge in [0.05, 0.1) is 0 Å². The molecule has 0 unspecified atom stereocenters. The van der Waals surface area contributed by atoms with Gasteiger partial charge in [0.15, 0.2) is 7.98 Å². The van der Waals surface area contributed by atoms with E-state index in [1.165, 1.54) is 37.2 Å². The summed E-state index contributed by atoms with van der Waals surface area (Å²) < 4.78 is 0. The van der Waals surface area contributed by atoms with Crippen LogP contribution in [0.5, 0.6) is 0 Å². The molecule has 2 radical (unpaired) electrons. The van der Waals surface area contributed by atoms with Crippen LogP contribution in [0.4, 0.5) is 5.69 Å². The van der Waals surface area contributed by atoms with Gasteiger partial charge in [-0.1, -0.05) is 11.6 Å². The Balaban J connectivity index is 1.75. The van der Waals surface area contributed by atoms with Gasteiger partial charge in [-0.3, -0.25) is 4.90 Å². The van der Waals surface area contributed by atoms with Crippen molar-refractivity contribution in [3.8, 4) is 0 Å². The third-order valence-electron chi connectivity index (χ3n) is 4.29. The number of benzene rings is 1. The van der Waals surface area contributed by atoms with Crippen LogP contribution in [-0.2, 0) is 6.54 Å². The lowest BCUT2D eigenvalue weighted by atomic mass is 10.1. The highest BCUT2D eigenvalue weighted by Gasteiger charge is 2.19. The maximum atomic E-state index is 6.20. The number of anilines is 1. The summed E-state index contributed by atoms with van der Waals surface area (Å²) in [6.07, 6.45) is 2.60. The largest absolute Gasteiger partial charge is 0.371 e. The van der Waals surface area contributed by atoms with Crippen molar-refractivity contribution in [1.82, 2.24) is 9.71 Å². The standard InChI is InChI=1S/C15H21BClN3/c16-20-9-7-18(8-10-20)12-13-11-14(17)3-4-15(13)19-5-1-2-6-19/h3-4,11H,1-2,5-10,12H2. The van der Waals surface area contributed by atoms with Crippen molar-refractivity contribution in [3.05, 3.63) is 28.8 Å². The van der Waals surface area contributed by atoms with Crippen LogP contribution in [0.15, 0.2) is 18.2 Å². The highest BCUT2D eigenvalue weighted by atomic mass is 35.5. The van der Waals surface area contributed by atoms with Gasteiger partial charge in [-0.05, 0) is 49.7 Å². The van der Waals surface area contributed by atoms with E-state index in [0.717, 1.165) is 37.7 Å². The quantitative estimate of drug-likeness (QED) is 0.790. The van der Waals surface area contributed by atoms with Crippen LogP contribution in [0.3, 0.4) is 0 Å². The van der Waals surface area contributed by atoms with E-state index in [0.29, 0.717) is 0 Å². The summed E-state index contributed by atoms with van der Waals surface area (Å²) in [5, 5.41) is 0.834. The number of rotatable bonds is 3. The second kappa shape index (κ2) is 6.38. The van der Waals surface area contributed by atoms with Gasteiger partial charge in [0.1, 0.15) is 0 Å². The minimum Gasteiger partial charge on any atom is -0.371 e. The van der Waals surface area contributed by atoms with Crippen LogP contribution in [0, 0.1) is 0 Å². The zero-order valence-electron chi connectivity index (χ0n) is 11.9. The van der Waals surface area contributed by atoms with Crippen molar-refractivity contribution in [1.29, 1.82) is 0 Å². The van der Waals surface area contributed by atoms with Crippen LogP contribution in [0.1, 0.15) is 18.4 Å². The summed E-state index contributed by atoms with van der Waals surface area (Å²) in [6, 6.07) is 6.32. The van der Waals surface area contributed by atoms with E-state index in [-0.39, 0.29) is 0 Å². The van der Waals surface area contributed by atoms with Gasteiger partial charge in [-0.2, -0.15) is 0 Å². The molecule has 3 nitrogen and oxygen atoms in total. The molecule has 2 heterocycles. The molecule has 1 aromatic carbocycles. The first-order valence-electron chi connectivity index (χ1n) is 7.48. The van der Waals surface area contributed by atoms with E-state index in [1.54, 1.807) is 0 Å². The maximum Gasteiger partial charge on any atom is 0.182 e. The zero-order valence-corrected chi connectivity index (χ0v) is 12.6. The molecule has 0 amide bonds. The molecule has 20 heavy (non-hydrogen) atoms. The minimum absolute atomic E-state index is 0.834. The smallest absolute Gasteiger partial charge is 0.182 e. The minimum atomic E-state index is 0.834. The SMILES string of the molecule is [B]N1CCN(Cc2cc(Cl)ccc2N2CCCC2)CC1. The molecule has 5 heteroatoms. The number of hydrogen-bond acceptors (Lipinski definition) is 3. The predicted molar refractivity (Wildman–Crippen MR) is 85.5 cm³/mol. The fourth-order valence-electron chi connectivity index (χ4n) is 3.11. The lowest BCUT2D eigenvalue weighted by molar-refractivity contribution is 0.184. The molecule has 2 aliphatic rings. The Morgan fingerprint density at radius 2 is 1.70 bits per heavy atom. The Labute approximate surface area is 127 Å². The van der Waals surface area contributed by atoms with Crippen LogP contribution < -0.4 is 4.90 Å². The van der Waals surface area contributed by atoms with Crippen molar-refractivity contribution >= 4 is 25.3 Å². The molecule has 0 atom stereocenters. The molecule has 0 aliphatic carbocycles.